The molecule has 0 aliphatic carbocycles. The van der Waals surface area contributed by atoms with E-state index in [9.17, 15) is 9.59 Å². The number of carbonyl (C=O) groups excluding carboxylic acids is 1. The number of furan rings is 1. The zero-order chi connectivity index (χ0) is 14.5. The summed E-state index contributed by atoms with van der Waals surface area (Å²) in [6.07, 6.45) is 1.72. The Morgan fingerprint density at radius 2 is 1.95 bits per heavy atom. The number of rotatable bonds is 5. The number of hydrogen-bond acceptors (Lipinski definition) is 3. The first-order valence-electron chi connectivity index (χ1n) is 6.30. The van der Waals surface area contributed by atoms with Crippen molar-refractivity contribution >= 4 is 11.9 Å². The van der Waals surface area contributed by atoms with Gasteiger partial charge in [0.15, 0.2) is 5.76 Å². The Bertz CT molecular complexity index is 603. The summed E-state index contributed by atoms with van der Waals surface area (Å²) in [4.78, 5) is 23.1. The third kappa shape index (κ3) is 2.88. The maximum atomic E-state index is 12.1. The van der Waals surface area contributed by atoms with Gasteiger partial charge in [0, 0.05) is 5.56 Å². The van der Waals surface area contributed by atoms with E-state index in [1.165, 1.54) is 6.26 Å². The average molecular weight is 273 g/mol. The van der Waals surface area contributed by atoms with Crippen LogP contribution in [-0.2, 0) is 4.79 Å². The lowest BCUT2D eigenvalue weighted by Gasteiger charge is -2.11. The summed E-state index contributed by atoms with van der Waals surface area (Å²) in [6, 6.07) is 10.1. The van der Waals surface area contributed by atoms with Gasteiger partial charge < -0.3 is 14.8 Å². The highest BCUT2D eigenvalue weighted by atomic mass is 16.4. The quantitative estimate of drug-likeness (QED) is 0.877. The first-order chi connectivity index (χ1) is 9.63. The summed E-state index contributed by atoms with van der Waals surface area (Å²) in [5.41, 5.74) is 1.48. The van der Waals surface area contributed by atoms with Crippen molar-refractivity contribution in [2.75, 3.05) is 0 Å². The van der Waals surface area contributed by atoms with E-state index < -0.39 is 17.9 Å². The Kier molecular flexibility index (Phi) is 4.20. The van der Waals surface area contributed by atoms with E-state index in [4.69, 9.17) is 9.52 Å². The van der Waals surface area contributed by atoms with Crippen molar-refractivity contribution in [3.8, 4) is 11.1 Å². The highest BCUT2D eigenvalue weighted by molar-refractivity contribution is 5.99. The number of carbonyl (C=O) groups is 2. The van der Waals surface area contributed by atoms with Crippen molar-refractivity contribution in [2.45, 2.75) is 19.4 Å². The van der Waals surface area contributed by atoms with Crippen LogP contribution in [0.3, 0.4) is 0 Å². The van der Waals surface area contributed by atoms with Gasteiger partial charge in [-0.1, -0.05) is 37.3 Å². The second-order valence-corrected chi connectivity index (χ2v) is 4.30. The topological polar surface area (TPSA) is 79.5 Å². The Balaban J connectivity index is 2.24. The molecular formula is C15H15NO4. The molecule has 0 saturated heterocycles. The summed E-state index contributed by atoms with van der Waals surface area (Å²) in [5, 5.41) is 11.4. The van der Waals surface area contributed by atoms with Gasteiger partial charge in [0.25, 0.3) is 5.91 Å². The fourth-order valence-electron chi connectivity index (χ4n) is 1.89. The van der Waals surface area contributed by atoms with Gasteiger partial charge in [-0.05, 0) is 18.1 Å². The van der Waals surface area contributed by atoms with Crippen molar-refractivity contribution in [3.05, 3.63) is 48.4 Å². The molecule has 2 aromatic rings. The zero-order valence-electron chi connectivity index (χ0n) is 11.0. The number of hydrogen-bond donors (Lipinski definition) is 2. The maximum absolute atomic E-state index is 12.1. The van der Waals surface area contributed by atoms with E-state index in [-0.39, 0.29) is 5.76 Å². The standard InChI is InChI=1S/C15H15NO4/c1-2-12(15(18)19)16-14(17)13-11(8-9-20-13)10-6-4-3-5-7-10/h3-9,12H,2H2,1H3,(H,16,17)(H,18,19)/t12-/m0/s1. The highest BCUT2D eigenvalue weighted by Crippen LogP contribution is 2.24. The average Bonchev–Trinajstić information content (AvgIpc) is 2.94. The second-order valence-electron chi connectivity index (χ2n) is 4.30. The van der Waals surface area contributed by atoms with E-state index in [0.29, 0.717) is 12.0 Å². The number of amides is 1. The molecule has 0 radical (unpaired) electrons. The molecule has 0 unspecified atom stereocenters. The lowest BCUT2D eigenvalue weighted by Crippen LogP contribution is -2.40. The van der Waals surface area contributed by atoms with Gasteiger partial charge in [-0.25, -0.2) is 4.79 Å². The Morgan fingerprint density at radius 1 is 1.25 bits per heavy atom. The molecule has 0 aliphatic rings. The SMILES string of the molecule is CC[C@H](NC(=O)c1occc1-c1ccccc1)C(=O)O. The number of aliphatic carboxylic acids is 1. The zero-order valence-corrected chi connectivity index (χ0v) is 11.0. The van der Waals surface area contributed by atoms with Crippen LogP contribution in [0.25, 0.3) is 11.1 Å². The summed E-state index contributed by atoms with van der Waals surface area (Å²) in [6.45, 7) is 1.69. The molecule has 1 aromatic carbocycles. The van der Waals surface area contributed by atoms with Gasteiger partial charge in [0.05, 0.1) is 6.26 Å². The van der Waals surface area contributed by atoms with E-state index in [0.717, 1.165) is 5.56 Å². The van der Waals surface area contributed by atoms with Crippen molar-refractivity contribution in [3.63, 3.8) is 0 Å². The Morgan fingerprint density at radius 3 is 2.55 bits per heavy atom. The predicted octanol–water partition coefficient (Wildman–Crippen LogP) is 2.54. The molecule has 104 valence electrons. The van der Waals surface area contributed by atoms with E-state index in [1.807, 2.05) is 30.3 Å². The third-order valence-corrected chi connectivity index (χ3v) is 2.97. The van der Waals surface area contributed by atoms with Gasteiger partial charge >= 0.3 is 5.97 Å². The van der Waals surface area contributed by atoms with Crippen molar-refractivity contribution in [1.82, 2.24) is 5.32 Å². The number of carboxylic acids is 1. The first-order valence-corrected chi connectivity index (χ1v) is 6.30. The van der Waals surface area contributed by atoms with Gasteiger partial charge in [-0.15, -0.1) is 0 Å². The third-order valence-electron chi connectivity index (χ3n) is 2.97. The van der Waals surface area contributed by atoms with Crippen molar-refractivity contribution in [2.24, 2.45) is 0 Å². The van der Waals surface area contributed by atoms with Crippen LogP contribution in [0.4, 0.5) is 0 Å². The summed E-state index contributed by atoms with van der Waals surface area (Å²) >= 11 is 0. The minimum atomic E-state index is -1.06. The van der Waals surface area contributed by atoms with Crippen molar-refractivity contribution in [1.29, 1.82) is 0 Å². The summed E-state index contributed by atoms with van der Waals surface area (Å²) in [5.74, 6) is -1.47. The fourth-order valence-corrected chi connectivity index (χ4v) is 1.89. The molecule has 0 aliphatic heterocycles. The minimum absolute atomic E-state index is 0.121. The fraction of sp³-hybridized carbons (Fsp3) is 0.200. The molecule has 0 spiro atoms. The summed E-state index contributed by atoms with van der Waals surface area (Å²) < 4.78 is 5.20. The monoisotopic (exact) mass is 273 g/mol. The molecule has 1 atom stereocenters. The molecule has 0 saturated carbocycles. The largest absolute Gasteiger partial charge is 0.480 e. The van der Waals surface area contributed by atoms with Crippen LogP contribution in [0.1, 0.15) is 23.9 Å². The van der Waals surface area contributed by atoms with Gasteiger partial charge in [0.1, 0.15) is 6.04 Å². The number of benzene rings is 1. The molecular weight excluding hydrogens is 258 g/mol. The molecule has 0 fully saturated rings. The van der Waals surface area contributed by atoms with Crippen LogP contribution >= 0.6 is 0 Å². The Hall–Kier alpha value is -2.56. The minimum Gasteiger partial charge on any atom is -0.480 e. The lowest BCUT2D eigenvalue weighted by atomic mass is 10.1. The van der Waals surface area contributed by atoms with E-state index in [1.54, 1.807) is 13.0 Å². The molecule has 1 amide bonds. The van der Waals surface area contributed by atoms with E-state index >= 15 is 0 Å². The van der Waals surface area contributed by atoms with Crippen LogP contribution in [-0.4, -0.2) is 23.0 Å². The van der Waals surface area contributed by atoms with Crippen LogP contribution in [0.2, 0.25) is 0 Å². The predicted molar refractivity (Wildman–Crippen MR) is 73.3 cm³/mol. The first kappa shape index (κ1) is 13.9. The highest BCUT2D eigenvalue weighted by Gasteiger charge is 2.22. The number of carboxylic acid groups (broad SMARTS) is 1. The second kappa shape index (κ2) is 6.06. The van der Waals surface area contributed by atoms with Crippen molar-refractivity contribution < 1.29 is 19.1 Å². The maximum Gasteiger partial charge on any atom is 0.326 e. The molecule has 5 heteroatoms. The molecule has 1 heterocycles. The van der Waals surface area contributed by atoms with Crippen LogP contribution < -0.4 is 5.32 Å². The molecule has 0 bridgehead atoms. The van der Waals surface area contributed by atoms with E-state index in [2.05, 4.69) is 5.32 Å². The molecule has 2 rings (SSSR count). The smallest absolute Gasteiger partial charge is 0.326 e. The van der Waals surface area contributed by atoms with Crippen LogP contribution in [0, 0.1) is 0 Å². The number of nitrogens with one attached hydrogen (secondary N) is 1. The molecule has 20 heavy (non-hydrogen) atoms. The van der Waals surface area contributed by atoms with Gasteiger partial charge in [-0.2, -0.15) is 0 Å². The Labute approximate surface area is 116 Å². The molecule has 2 N–H and O–H groups in total. The van der Waals surface area contributed by atoms with Gasteiger partial charge in [-0.3, -0.25) is 4.79 Å². The van der Waals surface area contributed by atoms with Crippen LogP contribution in [0.5, 0.6) is 0 Å². The molecule has 1 aromatic heterocycles. The molecule has 5 nitrogen and oxygen atoms in total. The lowest BCUT2D eigenvalue weighted by molar-refractivity contribution is -0.139. The summed E-state index contributed by atoms with van der Waals surface area (Å²) in [7, 11) is 0. The van der Waals surface area contributed by atoms with Gasteiger partial charge in [0.2, 0.25) is 0 Å². The van der Waals surface area contributed by atoms with Crippen LogP contribution in [0.15, 0.2) is 47.1 Å². The normalized spacial score (nSPS) is 11.8.